The molecule has 142 valence electrons. The molecule has 8 heteroatoms. The molecule has 1 aliphatic heterocycles. The minimum absolute atomic E-state index is 0.0635. The van der Waals surface area contributed by atoms with E-state index in [1.165, 1.54) is 6.07 Å². The number of alkyl halides is 3. The van der Waals surface area contributed by atoms with Crippen LogP contribution in [0.25, 0.3) is 6.08 Å². The van der Waals surface area contributed by atoms with Gasteiger partial charge in [-0.25, -0.2) is 4.79 Å². The third-order valence-corrected chi connectivity index (χ3v) is 4.35. The summed E-state index contributed by atoms with van der Waals surface area (Å²) in [6, 6.07) is 7.99. The van der Waals surface area contributed by atoms with Crippen molar-refractivity contribution in [2.75, 3.05) is 0 Å². The smallest absolute Gasteiger partial charge is 0.430 e. The minimum Gasteiger partial charge on any atom is -0.478 e. The highest BCUT2D eigenvalue weighted by atomic mass is 35.5. The number of rotatable bonds is 3. The lowest BCUT2D eigenvalue weighted by Gasteiger charge is -2.28. The van der Waals surface area contributed by atoms with Gasteiger partial charge in [0.05, 0.1) is 5.57 Å². The Morgan fingerprint density at radius 1 is 1.19 bits per heavy atom. The Labute approximate surface area is 157 Å². The molecule has 0 aliphatic carbocycles. The van der Waals surface area contributed by atoms with Crippen molar-refractivity contribution in [3.05, 3.63) is 57.6 Å². The Balaban J connectivity index is 2.03. The molecule has 0 spiro atoms. The maximum atomic E-state index is 13.2. The zero-order valence-electron chi connectivity index (χ0n) is 14.2. The monoisotopic (exact) mass is 398 g/mol. The molecular weight excluding hydrogens is 385 g/mol. The SMILES string of the molecule is Cc1cc(Cl)ccc1Oc1ccc2c(c1C)OC(C(F)(F)F)C(C(=O)O)=C2. The third kappa shape index (κ3) is 3.73. The van der Waals surface area contributed by atoms with E-state index in [9.17, 15) is 18.0 Å². The van der Waals surface area contributed by atoms with Crippen LogP contribution in [-0.4, -0.2) is 23.4 Å². The van der Waals surface area contributed by atoms with Gasteiger partial charge in [0.2, 0.25) is 6.10 Å². The number of aliphatic carboxylic acids is 1. The van der Waals surface area contributed by atoms with Gasteiger partial charge in [-0.1, -0.05) is 11.6 Å². The van der Waals surface area contributed by atoms with Crippen molar-refractivity contribution in [2.24, 2.45) is 0 Å². The van der Waals surface area contributed by atoms with E-state index in [2.05, 4.69) is 0 Å². The van der Waals surface area contributed by atoms with E-state index in [-0.39, 0.29) is 11.3 Å². The van der Waals surface area contributed by atoms with Gasteiger partial charge in [-0.2, -0.15) is 13.2 Å². The zero-order valence-corrected chi connectivity index (χ0v) is 15.0. The number of benzene rings is 2. The van der Waals surface area contributed by atoms with E-state index in [0.29, 0.717) is 22.1 Å². The molecule has 1 N–H and O–H groups in total. The van der Waals surface area contributed by atoms with Gasteiger partial charge < -0.3 is 14.6 Å². The molecule has 1 heterocycles. The summed E-state index contributed by atoms with van der Waals surface area (Å²) >= 11 is 5.91. The van der Waals surface area contributed by atoms with Crippen LogP contribution in [0.2, 0.25) is 5.02 Å². The molecule has 4 nitrogen and oxygen atoms in total. The van der Waals surface area contributed by atoms with Crippen molar-refractivity contribution in [1.82, 2.24) is 0 Å². The van der Waals surface area contributed by atoms with Gasteiger partial charge in [0.1, 0.15) is 17.2 Å². The van der Waals surface area contributed by atoms with Gasteiger partial charge in [-0.05, 0) is 55.8 Å². The number of hydrogen-bond acceptors (Lipinski definition) is 3. The molecule has 0 bridgehead atoms. The van der Waals surface area contributed by atoms with Crippen molar-refractivity contribution in [1.29, 1.82) is 0 Å². The van der Waals surface area contributed by atoms with Crippen LogP contribution < -0.4 is 9.47 Å². The molecule has 27 heavy (non-hydrogen) atoms. The van der Waals surface area contributed by atoms with Crippen LogP contribution in [0.1, 0.15) is 16.7 Å². The first kappa shape index (κ1) is 19.1. The van der Waals surface area contributed by atoms with Crippen LogP contribution in [0, 0.1) is 13.8 Å². The fraction of sp³-hybridized carbons (Fsp3) is 0.211. The van der Waals surface area contributed by atoms with E-state index in [1.807, 2.05) is 0 Å². The van der Waals surface area contributed by atoms with E-state index < -0.39 is 23.8 Å². The highest BCUT2D eigenvalue weighted by Gasteiger charge is 2.48. The Morgan fingerprint density at radius 2 is 1.85 bits per heavy atom. The van der Waals surface area contributed by atoms with Gasteiger partial charge in [0.25, 0.3) is 0 Å². The van der Waals surface area contributed by atoms with Crippen molar-refractivity contribution in [3.63, 3.8) is 0 Å². The Bertz CT molecular complexity index is 951. The van der Waals surface area contributed by atoms with E-state index in [0.717, 1.165) is 11.6 Å². The first-order chi connectivity index (χ1) is 12.6. The molecule has 3 rings (SSSR count). The lowest BCUT2D eigenvalue weighted by molar-refractivity contribution is -0.187. The van der Waals surface area contributed by atoms with E-state index >= 15 is 0 Å². The predicted octanol–water partition coefficient (Wildman–Crippen LogP) is 5.54. The number of aryl methyl sites for hydroxylation is 1. The Morgan fingerprint density at radius 3 is 2.44 bits per heavy atom. The molecule has 0 saturated carbocycles. The van der Waals surface area contributed by atoms with Crippen LogP contribution in [-0.2, 0) is 4.79 Å². The van der Waals surface area contributed by atoms with E-state index in [1.54, 1.807) is 38.1 Å². The topological polar surface area (TPSA) is 55.8 Å². The fourth-order valence-electron chi connectivity index (χ4n) is 2.76. The van der Waals surface area contributed by atoms with Gasteiger partial charge in [0, 0.05) is 16.1 Å². The van der Waals surface area contributed by atoms with Crippen molar-refractivity contribution in [2.45, 2.75) is 26.1 Å². The molecule has 1 unspecified atom stereocenters. The average molecular weight is 399 g/mol. The van der Waals surface area contributed by atoms with Crippen LogP contribution in [0.3, 0.4) is 0 Å². The molecule has 0 aromatic heterocycles. The second kappa shape index (κ2) is 6.81. The molecule has 1 atom stereocenters. The zero-order chi connectivity index (χ0) is 19.9. The van der Waals surface area contributed by atoms with Gasteiger partial charge in [-0.3, -0.25) is 0 Å². The van der Waals surface area contributed by atoms with E-state index in [4.69, 9.17) is 26.2 Å². The third-order valence-electron chi connectivity index (χ3n) is 4.12. The number of ether oxygens (including phenoxy) is 2. The second-order valence-corrected chi connectivity index (χ2v) is 6.50. The summed E-state index contributed by atoms with van der Waals surface area (Å²) in [4.78, 5) is 11.2. The molecule has 0 radical (unpaired) electrons. The quantitative estimate of drug-likeness (QED) is 0.737. The Kier molecular flexibility index (Phi) is 4.82. The molecule has 0 amide bonds. The maximum absolute atomic E-state index is 13.2. The number of halogens is 4. The summed E-state index contributed by atoms with van der Waals surface area (Å²) in [5, 5.41) is 9.62. The number of carbonyl (C=O) groups is 1. The second-order valence-electron chi connectivity index (χ2n) is 6.06. The number of hydrogen-bond donors (Lipinski definition) is 1. The number of carboxylic acids is 1. The van der Waals surface area contributed by atoms with Crippen molar-refractivity contribution in [3.8, 4) is 17.2 Å². The maximum Gasteiger partial charge on any atom is 0.430 e. The normalized spacial score (nSPS) is 16.2. The van der Waals surface area contributed by atoms with Crippen molar-refractivity contribution < 1.29 is 32.5 Å². The predicted molar refractivity (Wildman–Crippen MR) is 93.5 cm³/mol. The lowest BCUT2D eigenvalue weighted by atomic mass is 9.99. The van der Waals surface area contributed by atoms with Crippen LogP contribution in [0.5, 0.6) is 17.2 Å². The summed E-state index contributed by atoms with van der Waals surface area (Å²) in [5.74, 6) is -0.955. The first-order valence-corrected chi connectivity index (χ1v) is 8.21. The Hall–Kier alpha value is -2.67. The summed E-state index contributed by atoms with van der Waals surface area (Å²) in [7, 11) is 0. The highest BCUT2D eigenvalue weighted by Crippen LogP contribution is 2.42. The summed E-state index contributed by atoms with van der Waals surface area (Å²) in [6.07, 6.45) is -6.43. The van der Waals surface area contributed by atoms with Crippen LogP contribution in [0.4, 0.5) is 13.2 Å². The first-order valence-electron chi connectivity index (χ1n) is 7.84. The molecule has 2 aromatic carbocycles. The molecular formula is C19H14ClF3O4. The number of carboxylic acid groups (broad SMARTS) is 1. The van der Waals surface area contributed by atoms with Gasteiger partial charge in [0.15, 0.2) is 0 Å². The summed E-state index contributed by atoms with van der Waals surface area (Å²) in [5.41, 5.74) is 0.459. The lowest BCUT2D eigenvalue weighted by Crippen LogP contribution is -2.40. The molecule has 2 aromatic rings. The number of fused-ring (bicyclic) bond motifs is 1. The molecule has 0 saturated heterocycles. The minimum atomic E-state index is -4.86. The fourth-order valence-corrected chi connectivity index (χ4v) is 2.99. The standard InChI is InChI=1S/C19H14ClF3O4/c1-9-7-12(20)4-6-14(9)26-15-5-3-11-8-13(18(24)25)17(19(21,22)23)27-16(11)10(15)2/h3-8,17H,1-2H3,(H,24,25). The van der Waals surface area contributed by atoms with Gasteiger partial charge in [-0.15, -0.1) is 0 Å². The summed E-state index contributed by atoms with van der Waals surface area (Å²) < 4.78 is 50.6. The largest absolute Gasteiger partial charge is 0.478 e. The van der Waals surface area contributed by atoms with Crippen LogP contribution in [0.15, 0.2) is 35.9 Å². The van der Waals surface area contributed by atoms with Crippen LogP contribution >= 0.6 is 11.6 Å². The van der Waals surface area contributed by atoms with Gasteiger partial charge >= 0.3 is 12.1 Å². The molecule has 1 aliphatic rings. The molecule has 0 fully saturated rings. The van der Waals surface area contributed by atoms with Crippen molar-refractivity contribution >= 4 is 23.6 Å². The summed E-state index contributed by atoms with van der Waals surface area (Å²) in [6.45, 7) is 3.33. The average Bonchev–Trinajstić information content (AvgIpc) is 2.57. The highest BCUT2D eigenvalue weighted by molar-refractivity contribution is 6.30.